The van der Waals surface area contributed by atoms with Crippen LogP contribution in [0, 0.1) is 0 Å². The van der Waals surface area contributed by atoms with E-state index < -0.39 is 0 Å². The van der Waals surface area contributed by atoms with Crippen LogP contribution < -0.4 is 5.84 Å². The smallest absolute Gasteiger partial charge is 0.239 e. The first kappa shape index (κ1) is 17.1. The van der Waals surface area contributed by atoms with Crippen LogP contribution >= 0.6 is 35.0 Å². The summed E-state index contributed by atoms with van der Waals surface area (Å²) in [4.78, 5) is 24.9. The molecule has 1 fully saturated rings. The van der Waals surface area contributed by atoms with Gasteiger partial charge in [0.15, 0.2) is 5.82 Å². The Kier molecular flexibility index (Phi) is 4.98. The van der Waals surface area contributed by atoms with Crippen molar-refractivity contribution in [1.82, 2.24) is 19.8 Å². The maximum atomic E-state index is 12.1. The summed E-state index contributed by atoms with van der Waals surface area (Å²) in [7, 11) is 0. The molecule has 24 heavy (non-hydrogen) atoms. The van der Waals surface area contributed by atoms with E-state index in [1.165, 1.54) is 9.58 Å². The molecule has 126 valence electrons. The second-order valence-electron chi connectivity index (χ2n) is 5.13. The molecule has 2 N–H and O–H groups in total. The standard InChI is InChI=1S/C14H13Cl2N5O2S/c15-8-3-4-10(16)9(6-8)13-18-19-14(21(13)17)24-7-12(23)20-5-1-2-11(20)22/h3-4,6H,1-2,5,7,17H2. The second kappa shape index (κ2) is 7.00. The van der Waals surface area contributed by atoms with E-state index in [1.54, 1.807) is 18.2 Å². The average Bonchev–Trinajstić information content (AvgIpc) is 3.14. The molecule has 0 saturated carbocycles. The Balaban J connectivity index is 1.74. The van der Waals surface area contributed by atoms with Gasteiger partial charge in [-0.25, -0.2) is 4.68 Å². The number of likely N-dealkylation sites (tertiary alicyclic amines) is 1. The number of nitrogen functional groups attached to an aromatic ring is 1. The molecule has 1 aliphatic heterocycles. The van der Waals surface area contributed by atoms with Gasteiger partial charge in [-0.1, -0.05) is 35.0 Å². The van der Waals surface area contributed by atoms with Crippen molar-refractivity contribution in [2.75, 3.05) is 18.1 Å². The normalized spacial score (nSPS) is 14.4. The van der Waals surface area contributed by atoms with Crippen molar-refractivity contribution in [1.29, 1.82) is 0 Å². The summed E-state index contributed by atoms with van der Waals surface area (Å²) in [6, 6.07) is 4.94. The van der Waals surface area contributed by atoms with Crippen molar-refractivity contribution < 1.29 is 9.59 Å². The highest BCUT2D eigenvalue weighted by Crippen LogP contribution is 2.30. The van der Waals surface area contributed by atoms with E-state index in [2.05, 4.69) is 10.2 Å². The van der Waals surface area contributed by atoms with Crippen molar-refractivity contribution >= 4 is 46.8 Å². The fraction of sp³-hybridized carbons (Fsp3) is 0.286. The number of imide groups is 1. The number of hydrogen-bond acceptors (Lipinski definition) is 6. The Bertz CT molecular complexity index is 810. The van der Waals surface area contributed by atoms with Gasteiger partial charge in [0, 0.05) is 23.6 Å². The molecule has 1 aromatic carbocycles. The third-order valence-electron chi connectivity index (χ3n) is 3.53. The van der Waals surface area contributed by atoms with Gasteiger partial charge in [-0.3, -0.25) is 14.5 Å². The zero-order chi connectivity index (χ0) is 17.3. The van der Waals surface area contributed by atoms with Gasteiger partial charge >= 0.3 is 0 Å². The van der Waals surface area contributed by atoms with Crippen molar-refractivity contribution in [3.05, 3.63) is 28.2 Å². The van der Waals surface area contributed by atoms with E-state index in [0.717, 1.165) is 11.8 Å². The van der Waals surface area contributed by atoms with Gasteiger partial charge in [-0.2, -0.15) is 0 Å². The zero-order valence-corrected chi connectivity index (χ0v) is 14.7. The molecule has 7 nitrogen and oxygen atoms in total. The molecule has 2 amide bonds. The summed E-state index contributed by atoms with van der Waals surface area (Å²) < 4.78 is 1.25. The van der Waals surface area contributed by atoms with E-state index in [0.29, 0.717) is 46.0 Å². The maximum Gasteiger partial charge on any atom is 0.239 e. The molecule has 0 aliphatic carbocycles. The molecule has 2 heterocycles. The predicted octanol–water partition coefficient (Wildman–Crippen LogP) is 2.21. The third-order valence-corrected chi connectivity index (χ3v) is 5.03. The van der Waals surface area contributed by atoms with E-state index in [1.807, 2.05) is 0 Å². The Hall–Kier alpha value is -1.77. The van der Waals surface area contributed by atoms with Gasteiger partial charge in [-0.05, 0) is 24.6 Å². The van der Waals surface area contributed by atoms with Crippen LogP contribution in [0.15, 0.2) is 23.4 Å². The highest BCUT2D eigenvalue weighted by Gasteiger charge is 2.26. The Morgan fingerprint density at radius 1 is 1.33 bits per heavy atom. The molecule has 0 radical (unpaired) electrons. The van der Waals surface area contributed by atoms with Gasteiger partial charge in [0.25, 0.3) is 0 Å². The average molecular weight is 386 g/mol. The maximum absolute atomic E-state index is 12.1. The van der Waals surface area contributed by atoms with Crippen LogP contribution in [-0.2, 0) is 9.59 Å². The quantitative estimate of drug-likeness (QED) is 0.640. The molecular weight excluding hydrogens is 373 g/mol. The molecule has 0 spiro atoms. The first-order chi connectivity index (χ1) is 11.5. The largest absolute Gasteiger partial charge is 0.335 e. The number of thioether (sulfide) groups is 1. The van der Waals surface area contributed by atoms with E-state index in [9.17, 15) is 9.59 Å². The third kappa shape index (κ3) is 3.35. The number of carbonyl (C=O) groups is 2. The first-order valence-corrected chi connectivity index (χ1v) is 8.83. The summed E-state index contributed by atoms with van der Waals surface area (Å²) in [5.41, 5.74) is 0.548. The molecule has 1 aromatic heterocycles. The minimum absolute atomic E-state index is 0.0599. The second-order valence-corrected chi connectivity index (χ2v) is 6.92. The number of hydrogen-bond donors (Lipinski definition) is 1. The van der Waals surface area contributed by atoms with Crippen molar-refractivity contribution in [2.24, 2.45) is 0 Å². The van der Waals surface area contributed by atoms with Crippen LogP contribution in [0.4, 0.5) is 0 Å². The summed E-state index contributed by atoms with van der Waals surface area (Å²) in [5, 5.41) is 9.27. The van der Waals surface area contributed by atoms with Gasteiger partial charge in [0.05, 0.1) is 10.8 Å². The Labute approximate surface area is 152 Å². The minimum Gasteiger partial charge on any atom is -0.335 e. The van der Waals surface area contributed by atoms with Gasteiger partial charge in [0.2, 0.25) is 17.0 Å². The number of carbonyl (C=O) groups excluding carboxylic acids is 2. The zero-order valence-electron chi connectivity index (χ0n) is 12.4. The van der Waals surface area contributed by atoms with E-state index in [-0.39, 0.29) is 17.6 Å². The van der Waals surface area contributed by atoms with Crippen LogP contribution in [0.25, 0.3) is 11.4 Å². The summed E-state index contributed by atoms with van der Waals surface area (Å²) in [5.74, 6) is 6.01. The lowest BCUT2D eigenvalue weighted by Crippen LogP contribution is -2.33. The molecular formula is C14H13Cl2N5O2S. The number of amides is 2. The summed E-state index contributed by atoms with van der Waals surface area (Å²) in [6.45, 7) is 0.469. The highest BCUT2D eigenvalue weighted by molar-refractivity contribution is 7.99. The van der Waals surface area contributed by atoms with Crippen molar-refractivity contribution in [2.45, 2.75) is 18.0 Å². The molecule has 1 saturated heterocycles. The molecule has 2 aromatic rings. The molecule has 0 unspecified atom stereocenters. The number of rotatable bonds is 4. The molecule has 3 rings (SSSR count). The molecule has 10 heteroatoms. The highest BCUT2D eigenvalue weighted by atomic mass is 35.5. The number of nitrogens with two attached hydrogens (primary N) is 1. The van der Waals surface area contributed by atoms with Crippen LogP contribution in [0.5, 0.6) is 0 Å². The van der Waals surface area contributed by atoms with Crippen LogP contribution in [0.1, 0.15) is 12.8 Å². The lowest BCUT2D eigenvalue weighted by Gasteiger charge is -2.12. The van der Waals surface area contributed by atoms with Crippen LogP contribution in [0.3, 0.4) is 0 Å². The topological polar surface area (TPSA) is 94.1 Å². The number of halogens is 2. The lowest BCUT2D eigenvalue weighted by atomic mass is 10.2. The SMILES string of the molecule is Nn1c(SCC(=O)N2CCCC2=O)nnc1-c1cc(Cl)ccc1Cl. The monoisotopic (exact) mass is 385 g/mol. The van der Waals surface area contributed by atoms with E-state index in [4.69, 9.17) is 29.0 Å². The predicted molar refractivity (Wildman–Crippen MR) is 92.3 cm³/mol. The lowest BCUT2D eigenvalue weighted by molar-refractivity contribution is -0.140. The summed E-state index contributed by atoms with van der Waals surface area (Å²) >= 11 is 13.2. The van der Waals surface area contributed by atoms with Crippen molar-refractivity contribution in [3.63, 3.8) is 0 Å². The minimum atomic E-state index is -0.257. The Morgan fingerprint density at radius 3 is 2.83 bits per heavy atom. The van der Waals surface area contributed by atoms with Gasteiger partial charge in [-0.15, -0.1) is 10.2 Å². The fourth-order valence-corrected chi connectivity index (χ4v) is 3.45. The molecule has 0 atom stereocenters. The Morgan fingerprint density at radius 2 is 2.12 bits per heavy atom. The van der Waals surface area contributed by atoms with Gasteiger partial charge in [0.1, 0.15) is 0 Å². The van der Waals surface area contributed by atoms with Gasteiger partial charge < -0.3 is 5.84 Å². The van der Waals surface area contributed by atoms with E-state index >= 15 is 0 Å². The number of nitrogens with zero attached hydrogens (tertiary/aromatic N) is 4. The molecule has 1 aliphatic rings. The number of aromatic nitrogens is 3. The first-order valence-electron chi connectivity index (χ1n) is 7.09. The number of benzene rings is 1. The van der Waals surface area contributed by atoms with Crippen LogP contribution in [-0.4, -0.2) is 43.9 Å². The summed E-state index contributed by atoms with van der Waals surface area (Å²) in [6.07, 6.45) is 1.13. The fourth-order valence-electron chi connectivity index (χ4n) is 2.34. The van der Waals surface area contributed by atoms with Crippen LogP contribution in [0.2, 0.25) is 10.0 Å². The molecule has 0 bridgehead atoms. The van der Waals surface area contributed by atoms with Crippen molar-refractivity contribution in [3.8, 4) is 11.4 Å².